The largest absolute Gasteiger partial charge is 0.504 e. The number of para-hydroxylation sites is 1. The maximum atomic E-state index is 10.5. The van der Waals surface area contributed by atoms with E-state index < -0.39 is 26.5 Å². The Hall–Kier alpha value is -0.270. The summed E-state index contributed by atoms with van der Waals surface area (Å²) in [5, 5.41) is 17.8. The minimum atomic E-state index is -4.47. The molecular weight excluding hydrogens is 207 g/mol. The summed E-state index contributed by atoms with van der Waals surface area (Å²) in [5.41, 5.74) is 0. The zero-order chi connectivity index (χ0) is 9.35. The number of phenols is 2. The van der Waals surface area contributed by atoms with E-state index in [1.165, 1.54) is 6.07 Å². The van der Waals surface area contributed by atoms with Crippen LogP contribution in [0.25, 0.3) is 0 Å². The fourth-order valence-corrected chi connectivity index (χ4v) is 1.32. The molecule has 0 atom stereocenters. The molecule has 1 aromatic carbocycles. The second kappa shape index (κ2) is 4.30. The van der Waals surface area contributed by atoms with E-state index in [1.807, 2.05) is 0 Å². The van der Waals surface area contributed by atoms with Crippen LogP contribution < -0.4 is 0 Å². The molecule has 0 unspecified atom stereocenters. The van der Waals surface area contributed by atoms with Gasteiger partial charge in [-0.3, -0.25) is 4.55 Å². The molecule has 0 spiro atoms. The number of phenolic OH excluding ortho intramolecular Hbond substituents is 2. The molecule has 0 aliphatic carbocycles. The first kappa shape index (κ1) is 12.7. The van der Waals surface area contributed by atoms with Gasteiger partial charge < -0.3 is 10.2 Å². The van der Waals surface area contributed by atoms with E-state index in [0.717, 1.165) is 12.1 Å². The van der Waals surface area contributed by atoms with E-state index in [9.17, 15) is 8.42 Å². The van der Waals surface area contributed by atoms with Crippen LogP contribution in [-0.4, -0.2) is 52.7 Å². The van der Waals surface area contributed by atoms with Gasteiger partial charge in [0.05, 0.1) is 0 Å². The van der Waals surface area contributed by atoms with Gasteiger partial charge in [0.2, 0.25) is 0 Å². The molecule has 0 bridgehead atoms. The quantitative estimate of drug-likeness (QED) is 0.346. The van der Waals surface area contributed by atoms with Crippen molar-refractivity contribution in [3.05, 3.63) is 18.2 Å². The van der Waals surface area contributed by atoms with Crippen molar-refractivity contribution in [1.82, 2.24) is 0 Å². The summed E-state index contributed by atoms with van der Waals surface area (Å²) in [4.78, 5) is -0.706. The minimum absolute atomic E-state index is 0. The molecule has 3 N–H and O–H groups in total. The average Bonchev–Trinajstić information content (AvgIpc) is 1.92. The predicted molar refractivity (Wildman–Crippen MR) is 45.3 cm³/mol. The molecule has 0 saturated heterocycles. The van der Waals surface area contributed by atoms with Gasteiger partial charge in [0.1, 0.15) is 4.90 Å². The van der Waals surface area contributed by atoms with Gasteiger partial charge in [-0.2, -0.15) is 8.42 Å². The molecule has 0 aliphatic heterocycles. The number of rotatable bonds is 1. The van der Waals surface area contributed by atoms with Crippen molar-refractivity contribution in [1.29, 1.82) is 0 Å². The van der Waals surface area contributed by atoms with Crippen LogP contribution >= 0.6 is 0 Å². The summed E-state index contributed by atoms with van der Waals surface area (Å²) in [5.74, 6) is -1.44. The number of hydrogen-bond donors (Lipinski definition) is 3. The van der Waals surface area contributed by atoms with Gasteiger partial charge in [0, 0.05) is 29.6 Å². The monoisotopic (exact) mass is 213 g/mol. The number of benzene rings is 1. The zero-order valence-corrected chi connectivity index (χ0v) is 9.61. The van der Waals surface area contributed by atoms with Crippen molar-refractivity contribution in [2.75, 3.05) is 0 Å². The van der Waals surface area contributed by atoms with Gasteiger partial charge >= 0.3 is 0 Å². The molecule has 1 aromatic rings. The molecule has 7 heteroatoms. The molecule has 1 radical (unpaired) electrons. The third-order valence-electron chi connectivity index (χ3n) is 1.26. The molecule has 0 saturated carbocycles. The van der Waals surface area contributed by atoms with Crippen molar-refractivity contribution < 1.29 is 23.2 Å². The minimum Gasteiger partial charge on any atom is -0.504 e. The summed E-state index contributed by atoms with van der Waals surface area (Å²) in [7, 11) is -4.47. The third kappa shape index (κ3) is 2.85. The van der Waals surface area contributed by atoms with Crippen molar-refractivity contribution in [3.63, 3.8) is 0 Å². The van der Waals surface area contributed by atoms with Crippen LogP contribution in [0.5, 0.6) is 11.5 Å². The smallest absolute Gasteiger partial charge is 0.298 e. The van der Waals surface area contributed by atoms with E-state index in [-0.39, 0.29) is 29.6 Å². The molecule has 67 valence electrons. The molecule has 0 amide bonds. The number of hydrogen-bond acceptors (Lipinski definition) is 4. The van der Waals surface area contributed by atoms with Gasteiger partial charge in [0.25, 0.3) is 10.1 Å². The molecule has 13 heavy (non-hydrogen) atoms. The van der Waals surface area contributed by atoms with Gasteiger partial charge in [0.15, 0.2) is 11.5 Å². The van der Waals surface area contributed by atoms with Crippen molar-refractivity contribution in [3.8, 4) is 11.5 Å². The SMILES string of the molecule is O=S(=O)(O)c1cccc(O)c1O.[Na]. The molecular formula is C6H6NaO5S. The molecule has 0 heterocycles. The van der Waals surface area contributed by atoms with Crippen LogP contribution in [-0.2, 0) is 10.1 Å². The first-order valence-electron chi connectivity index (χ1n) is 2.91. The second-order valence-electron chi connectivity index (χ2n) is 2.10. The summed E-state index contributed by atoms with van der Waals surface area (Å²) in [6, 6.07) is 3.27. The fourth-order valence-electron chi connectivity index (χ4n) is 0.719. The van der Waals surface area contributed by atoms with E-state index in [1.54, 1.807) is 0 Å². The topological polar surface area (TPSA) is 94.8 Å². The molecule has 0 aliphatic rings. The molecule has 0 aromatic heterocycles. The van der Waals surface area contributed by atoms with Gasteiger partial charge in [-0.15, -0.1) is 0 Å². The van der Waals surface area contributed by atoms with Crippen LogP contribution in [0.4, 0.5) is 0 Å². The zero-order valence-electron chi connectivity index (χ0n) is 6.80. The molecule has 5 nitrogen and oxygen atoms in total. The van der Waals surface area contributed by atoms with E-state index in [2.05, 4.69) is 0 Å². The summed E-state index contributed by atoms with van der Waals surface area (Å²) < 4.78 is 29.5. The Morgan fingerprint density at radius 1 is 1.15 bits per heavy atom. The summed E-state index contributed by atoms with van der Waals surface area (Å²) in [6.45, 7) is 0. The standard InChI is InChI=1S/C6H6O5S.Na/c7-4-2-1-3-5(6(4)8)12(9,10)11;/h1-3,7-8H,(H,9,10,11);. The third-order valence-corrected chi connectivity index (χ3v) is 2.14. The normalized spacial score (nSPS) is 10.5. The Kier molecular flexibility index (Phi) is 4.21. The number of aromatic hydroxyl groups is 2. The van der Waals surface area contributed by atoms with Crippen molar-refractivity contribution in [2.45, 2.75) is 4.90 Å². The van der Waals surface area contributed by atoms with Crippen LogP contribution in [0.3, 0.4) is 0 Å². The van der Waals surface area contributed by atoms with Crippen LogP contribution in [0.2, 0.25) is 0 Å². The Morgan fingerprint density at radius 2 is 1.69 bits per heavy atom. The first-order valence-corrected chi connectivity index (χ1v) is 4.35. The molecule has 1 rings (SSSR count). The van der Waals surface area contributed by atoms with Crippen LogP contribution in [0.15, 0.2) is 23.1 Å². The van der Waals surface area contributed by atoms with Crippen molar-refractivity contribution in [2.24, 2.45) is 0 Å². The Labute approximate surface area is 97.1 Å². The van der Waals surface area contributed by atoms with E-state index in [0.29, 0.717) is 0 Å². The predicted octanol–water partition coefficient (Wildman–Crippen LogP) is -0.0363. The second-order valence-corrected chi connectivity index (χ2v) is 3.49. The molecule has 0 fully saturated rings. The Balaban J connectivity index is 0.00000144. The van der Waals surface area contributed by atoms with Gasteiger partial charge in [-0.25, -0.2) is 0 Å². The van der Waals surface area contributed by atoms with Crippen LogP contribution in [0.1, 0.15) is 0 Å². The van der Waals surface area contributed by atoms with E-state index >= 15 is 0 Å². The maximum Gasteiger partial charge on any atom is 0.298 e. The van der Waals surface area contributed by atoms with Crippen molar-refractivity contribution >= 4 is 39.7 Å². The fraction of sp³-hybridized carbons (Fsp3) is 0. The Bertz CT molecular complexity index is 399. The summed E-state index contributed by atoms with van der Waals surface area (Å²) in [6.07, 6.45) is 0. The van der Waals surface area contributed by atoms with Crippen LogP contribution in [0, 0.1) is 0 Å². The maximum absolute atomic E-state index is 10.5. The van der Waals surface area contributed by atoms with Gasteiger partial charge in [-0.05, 0) is 12.1 Å². The summed E-state index contributed by atoms with van der Waals surface area (Å²) >= 11 is 0. The average molecular weight is 213 g/mol. The van der Waals surface area contributed by atoms with Gasteiger partial charge in [-0.1, -0.05) is 6.07 Å². The van der Waals surface area contributed by atoms with E-state index in [4.69, 9.17) is 14.8 Å². The first-order chi connectivity index (χ1) is 5.43. The Morgan fingerprint density at radius 3 is 2.08 bits per heavy atom.